The Bertz CT molecular complexity index is 2840. The van der Waals surface area contributed by atoms with Gasteiger partial charge in [0.1, 0.15) is 36.6 Å². The van der Waals surface area contributed by atoms with Crippen molar-refractivity contribution in [1.82, 2.24) is 23.9 Å². The molecule has 0 saturated heterocycles. The maximum Gasteiger partial charge on any atom is 0.573 e. The highest BCUT2D eigenvalue weighted by molar-refractivity contribution is 5.96. The van der Waals surface area contributed by atoms with Crippen molar-refractivity contribution in [2.24, 2.45) is 7.05 Å². The van der Waals surface area contributed by atoms with E-state index in [4.69, 9.17) is 9.47 Å². The van der Waals surface area contributed by atoms with Crippen molar-refractivity contribution in [2.45, 2.75) is 25.1 Å². The Morgan fingerprint density at radius 2 is 1.39 bits per heavy atom. The SMILES string of the molecule is COc1cc(-c2cc(OC(F)(F)F)cc3c2n(C)c(=O)n3CC(=O)Nc2ccc(F)cc2)cc(F)c1OCc1nncn1C(c1ccccc1)(c1ccccc1)c1ccccc1. The summed E-state index contributed by atoms with van der Waals surface area (Å²) < 4.78 is 90.9. The molecule has 8 aromatic rings. The molecule has 62 heavy (non-hydrogen) atoms. The first-order chi connectivity index (χ1) is 29.9. The fourth-order valence-corrected chi connectivity index (χ4v) is 7.72. The van der Waals surface area contributed by atoms with E-state index >= 15 is 4.39 Å². The van der Waals surface area contributed by atoms with E-state index in [9.17, 15) is 27.2 Å². The van der Waals surface area contributed by atoms with E-state index in [1.54, 1.807) is 6.33 Å². The molecule has 1 amide bonds. The Kier molecular flexibility index (Phi) is 11.1. The van der Waals surface area contributed by atoms with Gasteiger partial charge >= 0.3 is 12.1 Å². The number of carbonyl (C=O) groups excluding carboxylic acids is 1. The lowest BCUT2D eigenvalue weighted by molar-refractivity contribution is -0.274. The van der Waals surface area contributed by atoms with Gasteiger partial charge in [-0.2, -0.15) is 0 Å². The third-order valence-corrected chi connectivity index (χ3v) is 10.3. The zero-order chi connectivity index (χ0) is 43.6. The van der Waals surface area contributed by atoms with Crippen LogP contribution < -0.4 is 25.2 Å². The highest BCUT2D eigenvalue weighted by Gasteiger charge is 2.40. The number of nitrogens with one attached hydrogen (secondary N) is 1. The minimum absolute atomic E-state index is 0.00717. The third-order valence-electron chi connectivity index (χ3n) is 10.3. The Morgan fingerprint density at radius 1 is 0.790 bits per heavy atom. The van der Waals surface area contributed by atoms with Gasteiger partial charge in [0.15, 0.2) is 23.1 Å². The zero-order valence-corrected chi connectivity index (χ0v) is 32.9. The molecular weight excluding hydrogens is 812 g/mol. The quantitative estimate of drug-likeness (QED) is 0.0912. The van der Waals surface area contributed by atoms with Gasteiger partial charge in [0, 0.05) is 24.4 Å². The lowest BCUT2D eigenvalue weighted by Crippen LogP contribution is -2.38. The Labute approximate surface area is 350 Å². The molecule has 0 fully saturated rings. The van der Waals surface area contributed by atoms with Crippen molar-refractivity contribution in [2.75, 3.05) is 12.4 Å². The fourth-order valence-electron chi connectivity index (χ4n) is 7.72. The molecule has 6 aromatic carbocycles. The van der Waals surface area contributed by atoms with Crippen LogP contribution in [0.1, 0.15) is 22.5 Å². The van der Waals surface area contributed by atoms with Crippen LogP contribution in [-0.4, -0.2) is 43.3 Å². The highest BCUT2D eigenvalue weighted by Crippen LogP contribution is 2.43. The molecule has 11 nitrogen and oxygen atoms in total. The standard InChI is InChI=1S/C46H35F5N6O5/c1-55-42-36(24-35(62-46(49,50)51)25-38(42)56(44(55)59)26-41(58)53-34-20-18-33(47)19-21-34)29-22-37(48)43(39(23-29)60-2)61-27-40-54-52-28-57(40)45(30-12-6-3-7-13-30,31-14-8-4-9-15-31)32-16-10-5-11-17-32/h3-25,28H,26-27H2,1-2H3,(H,53,58). The van der Waals surface area contributed by atoms with Crippen LogP contribution in [0.2, 0.25) is 0 Å². The van der Waals surface area contributed by atoms with Gasteiger partial charge in [0.25, 0.3) is 0 Å². The second-order valence-electron chi connectivity index (χ2n) is 14.1. The molecule has 8 rings (SSSR count). The number of aryl methyl sites for hydroxylation is 1. The van der Waals surface area contributed by atoms with Crippen LogP contribution in [0.3, 0.4) is 0 Å². The monoisotopic (exact) mass is 846 g/mol. The zero-order valence-electron chi connectivity index (χ0n) is 32.9. The van der Waals surface area contributed by atoms with Crippen LogP contribution in [0, 0.1) is 11.6 Å². The van der Waals surface area contributed by atoms with Gasteiger partial charge < -0.3 is 19.5 Å². The second-order valence-corrected chi connectivity index (χ2v) is 14.1. The van der Waals surface area contributed by atoms with E-state index in [0.717, 1.165) is 56.2 Å². The first-order valence-corrected chi connectivity index (χ1v) is 19.0. The van der Waals surface area contributed by atoms with E-state index in [1.807, 2.05) is 95.6 Å². The predicted octanol–water partition coefficient (Wildman–Crippen LogP) is 8.84. The number of hydrogen-bond acceptors (Lipinski definition) is 7. The van der Waals surface area contributed by atoms with Gasteiger partial charge in [-0.25, -0.2) is 13.6 Å². The first-order valence-electron chi connectivity index (χ1n) is 19.0. The van der Waals surface area contributed by atoms with Crippen LogP contribution >= 0.6 is 0 Å². The fraction of sp³-hybridized carbons (Fsp3) is 0.130. The van der Waals surface area contributed by atoms with Gasteiger partial charge in [-0.1, -0.05) is 91.0 Å². The molecule has 16 heteroatoms. The molecule has 1 N–H and O–H groups in total. The van der Waals surface area contributed by atoms with Crippen molar-refractivity contribution in [1.29, 1.82) is 0 Å². The molecule has 0 atom stereocenters. The molecule has 0 radical (unpaired) electrons. The predicted molar refractivity (Wildman–Crippen MR) is 220 cm³/mol. The molecule has 0 aliphatic rings. The van der Waals surface area contributed by atoms with Crippen LogP contribution in [0.4, 0.5) is 27.6 Å². The number of methoxy groups -OCH3 is 1. The number of anilines is 1. The number of nitrogens with zero attached hydrogens (tertiary/aromatic N) is 5. The lowest BCUT2D eigenvalue weighted by Gasteiger charge is -2.38. The molecule has 0 spiro atoms. The average Bonchev–Trinajstić information content (AvgIpc) is 3.83. The molecular formula is C46H35F5N6O5. The molecule has 2 heterocycles. The molecule has 0 unspecified atom stereocenters. The van der Waals surface area contributed by atoms with Crippen LogP contribution in [0.5, 0.6) is 17.2 Å². The van der Waals surface area contributed by atoms with E-state index in [1.165, 1.54) is 32.4 Å². The number of benzene rings is 6. The van der Waals surface area contributed by atoms with E-state index in [-0.39, 0.29) is 46.0 Å². The van der Waals surface area contributed by atoms with Crippen LogP contribution in [0.25, 0.3) is 22.2 Å². The molecule has 0 bridgehead atoms. The highest BCUT2D eigenvalue weighted by atomic mass is 19.4. The minimum atomic E-state index is -5.15. The van der Waals surface area contributed by atoms with Gasteiger partial charge in [-0.15, -0.1) is 23.4 Å². The number of carbonyl (C=O) groups is 1. The number of alkyl halides is 3. The van der Waals surface area contributed by atoms with Gasteiger partial charge in [0.2, 0.25) is 5.91 Å². The summed E-state index contributed by atoms with van der Waals surface area (Å²) >= 11 is 0. The van der Waals surface area contributed by atoms with Crippen LogP contribution in [-0.2, 0) is 30.5 Å². The second kappa shape index (κ2) is 16.7. The van der Waals surface area contributed by atoms with Crippen molar-refractivity contribution < 1.29 is 41.0 Å². The molecule has 0 aliphatic heterocycles. The van der Waals surface area contributed by atoms with Crippen LogP contribution in [0.15, 0.2) is 151 Å². The molecule has 0 saturated carbocycles. The van der Waals surface area contributed by atoms with Crippen molar-refractivity contribution in [3.8, 4) is 28.4 Å². The number of imidazole rings is 1. The average molecular weight is 847 g/mol. The summed E-state index contributed by atoms with van der Waals surface area (Å²) in [5.74, 6) is -3.12. The summed E-state index contributed by atoms with van der Waals surface area (Å²) in [5.41, 5.74) is 0.953. The van der Waals surface area contributed by atoms with Crippen molar-refractivity contribution in [3.63, 3.8) is 0 Å². The summed E-state index contributed by atoms with van der Waals surface area (Å²) in [5, 5.41) is 11.2. The maximum absolute atomic E-state index is 16.5. The summed E-state index contributed by atoms with van der Waals surface area (Å²) in [6.45, 7) is -0.949. The number of rotatable bonds is 13. The number of amides is 1. The van der Waals surface area contributed by atoms with Crippen molar-refractivity contribution in [3.05, 3.63) is 190 Å². The summed E-state index contributed by atoms with van der Waals surface area (Å²) in [6, 6.07) is 38.4. The smallest absolute Gasteiger partial charge is 0.493 e. The topological polar surface area (TPSA) is 114 Å². The molecule has 314 valence electrons. The number of fused-ring (bicyclic) bond motifs is 1. The summed E-state index contributed by atoms with van der Waals surface area (Å²) in [6.07, 6.45) is -3.57. The lowest BCUT2D eigenvalue weighted by atomic mass is 9.76. The Balaban J connectivity index is 1.19. The van der Waals surface area contributed by atoms with Gasteiger partial charge in [-0.3, -0.25) is 18.5 Å². The normalized spacial score (nSPS) is 11.7. The largest absolute Gasteiger partial charge is 0.573 e. The first kappa shape index (κ1) is 41.0. The number of halogens is 5. The van der Waals surface area contributed by atoms with E-state index in [0.29, 0.717) is 5.82 Å². The maximum atomic E-state index is 16.5. The van der Waals surface area contributed by atoms with E-state index < -0.39 is 47.4 Å². The summed E-state index contributed by atoms with van der Waals surface area (Å²) in [7, 11) is 2.62. The van der Waals surface area contributed by atoms with Crippen molar-refractivity contribution >= 4 is 22.6 Å². The molecule has 2 aromatic heterocycles. The number of ether oxygens (including phenoxy) is 3. The number of aromatic nitrogens is 5. The van der Waals surface area contributed by atoms with Gasteiger partial charge in [-0.05, 0) is 64.7 Å². The van der Waals surface area contributed by atoms with E-state index in [2.05, 4.69) is 20.3 Å². The Morgan fingerprint density at radius 3 is 1.95 bits per heavy atom. The minimum Gasteiger partial charge on any atom is -0.493 e. The third kappa shape index (κ3) is 7.85. The Hall–Kier alpha value is -7.75. The number of hydrogen-bond donors (Lipinski definition) is 1. The molecule has 0 aliphatic carbocycles. The summed E-state index contributed by atoms with van der Waals surface area (Å²) in [4.78, 5) is 26.7. The van der Waals surface area contributed by atoms with Gasteiger partial charge in [0.05, 0.1) is 18.1 Å².